The Morgan fingerprint density at radius 2 is 1.96 bits per heavy atom. The van der Waals surface area contributed by atoms with Crippen LogP contribution < -0.4 is 5.32 Å². The number of likely N-dealkylation sites (tertiary alicyclic amines) is 1. The highest BCUT2D eigenvalue weighted by molar-refractivity contribution is 5.82. The van der Waals surface area contributed by atoms with Crippen LogP contribution in [-0.4, -0.2) is 46.1 Å². The van der Waals surface area contributed by atoms with Gasteiger partial charge in [-0.25, -0.2) is 4.68 Å². The summed E-state index contributed by atoms with van der Waals surface area (Å²) in [4.78, 5) is 27.1. The molecule has 2 amide bonds. The van der Waals surface area contributed by atoms with E-state index in [4.69, 9.17) is 0 Å². The second-order valence-corrected chi connectivity index (χ2v) is 7.54. The summed E-state index contributed by atoms with van der Waals surface area (Å²) in [5.41, 5.74) is 3.84. The smallest absolute Gasteiger partial charge is 0.227 e. The maximum atomic E-state index is 13.0. The summed E-state index contributed by atoms with van der Waals surface area (Å²) in [5.74, 6) is 0.0499. The van der Waals surface area contributed by atoms with E-state index in [1.165, 1.54) is 0 Å². The number of nitrogens with one attached hydrogen (secondary N) is 1. The molecule has 150 valence electrons. The summed E-state index contributed by atoms with van der Waals surface area (Å²) in [5, 5.41) is 7.60. The fourth-order valence-corrected chi connectivity index (χ4v) is 3.82. The lowest BCUT2D eigenvalue weighted by molar-refractivity contribution is -0.135. The highest BCUT2D eigenvalue weighted by Gasteiger charge is 2.29. The minimum atomic E-state index is -0.0986. The van der Waals surface area contributed by atoms with Crippen LogP contribution in [0.1, 0.15) is 43.1 Å². The van der Waals surface area contributed by atoms with Crippen LogP contribution >= 0.6 is 0 Å². The molecule has 1 aromatic carbocycles. The van der Waals surface area contributed by atoms with E-state index in [2.05, 4.69) is 10.4 Å². The Bertz CT molecular complexity index is 829. The largest absolute Gasteiger partial charge is 0.356 e. The lowest BCUT2D eigenvalue weighted by Crippen LogP contribution is -2.46. The van der Waals surface area contributed by atoms with Crippen LogP contribution in [0.4, 0.5) is 0 Å². The highest BCUT2D eigenvalue weighted by Crippen LogP contribution is 2.21. The van der Waals surface area contributed by atoms with Crippen molar-refractivity contribution in [2.45, 2.75) is 46.5 Å². The average Bonchev–Trinajstić information content (AvgIpc) is 3.01. The van der Waals surface area contributed by atoms with Gasteiger partial charge in [0.25, 0.3) is 0 Å². The number of aryl methyl sites for hydroxylation is 1. The number of benzene rings is 1. The monoisotopic (exact) mass is 382 g/mol. The number of aromatic nitrogens is 2. The van der Waals surface area contributed by atoms with Crippen LogP contribution in [0.2, 0.25) is 0 Å². The fourth-order valence-electron chi connectivity index (χ4n) is 3.82. The van der Waals surface area contributed by atoms with E-state index in [0.29, 0.717) is 19.5 Å². The molecule has 2 aromatic rings. The van der Waals surface area contributed by atoms with Gasteiger partial charge in [-0.1, -0.05) is 25.1 Å². The maximum absolute atomic E-state index is 13.0. The first kappa shape index (κ1) is 20.1. The number of carbonyl (C=O) groups is 2. The number of piperidine rings is 1. The Balaban J connectivity index is 1.69. The van der Waals surface area contributed by atoms with Crippen LogP contribution in [-0.2, 0) is 16.0 Å². The van der Waals surface area contributed by atoms with E-state index < -0.39 is 0 Å². The Labute approximate surface area is 166 Å². The molecule has 0 saturated carbocycles. The molecule has 28 heavy (non-hydrogen) atoms. The molecule has 3 rings (SSSR count). The number of rotatable bonds is 6. The minimum Gasteiger partial charge on any atom is -0.356 e. The third-order valence-electron chi connectivity index (χ3n) is 5.46. The van der Waals surface area contributed by atoms with Crippen molar-refractivity contribution < 1.29 is 9.59 Å². The third-order valence-corrected chi connectivity index (χ3v) is 5.46. The van der Waals surface area contributed by atoms with Gasteiger partial charge in [-0.2, -0.15) is 5.10 Å². The van der Waals surface area contributed by atoms with Crippen molar-refractivity contribution >= 4 is 11.8 Å². The molecule has 0 bridgehead atoms. The molecule has 1 aliphatic rings. The van der Waals surface area contributed by atoms with E-state index in [-0.39, 0.29) is 17.7 Å². The van der Waals surface area contributed by atoms with Gasteiger partial charge >= 0.3 is 0 Å². The molecule has 1 aromatic heterocycles. The normalized spacial score (nSPS) is 16.8. The summed E-state index contributed by atoms with van der Waals surface area (Å²) in [6.07, 6.45) is 2.97. The van der Waals surface area contributed by atoms with Crippen LogP contribution in [0.5, 0.6) is 0 Å². The van der Waals surface area contributed by atoms with Gasteiger partial charge in [0.05, 0.1) is 23.7 Å². The molecule has 6 nitrogen and oxygen atoms in total. The van der Waals surface area contributed by atoms with Crippen molar-refractivity contribution in [3.8, 4) is 5.69 Å². The molecule has 1 fully saturated rings. The number of carbonyl (C=O) groups excluding carboxylic acids is 2. The zero-order chi connectivity index (χ0) is 20.1. The molecular formula is C22H30N4O2. The summed E-state index contributed by atoms with van der Waals surface area (Å²) >= 11 is 0. The SMILES string of the molecule is CCCNC(=O)C1CCCN(C(=O)Cc2c(C)nn(-c3ccccc3)c2C)C1. The second kappa shape index (κ2) is 9.04. The molecule has 0 spiro atoms. The molecule has 1 atom stereocenters. The predicted octanol–water partition coefficient (Wildman–Crippen LogP) is 2.80. The molecule has 1 unspecified atom stereocenters. The highest BCUT2D eigenvalue weighted by atomic mass is 16.2. The van der Waals surface area contributed by atoms with Crippen LogP contribution in [0.3, 0.4) is 0 Å². The van der Waals surface area contributed by atoms with Crippen molar-refractivity contribution in [1.82, 2.24) is 20.0 Å². The van der Waals surface area contributed by atoms with Crippen LogP contribution in [0.15, 0.2) is 30.3 Å². The molecule has 6 heteroatoms. The van der Waals surface area contributed by atoms with Crippen LogP contribution in [0, 0.1) is 19.8 Å². The van der Waals surface area contributed by atoms with Gasteiger partial charge in [-0.3, -0.25) is 9.59 Å². The molecular weight excluding hydrogens is 352 g/mol. The van der Waals surface area contributed by atoms with Crippen molar-refractivity contribution in [2.24, 2.45) is 5.92 Å². The van der Waals surface area contributed by atoms with E-state index in [9.17, 15) is 9.59 Å². The zero-order valence-electron chi connectivity index (χ0n) is 17.1. The van der Waals surface area contributed by atoms with E-state index >= 15 is 0 Å². The molecule has 1 N–H and O–H groups in total. The van der Waals surface area contributed by atoms with Gasteiger partial charge in [0.2, 0.25) is 11.8 Å². The lowest BCUT2D eigenvalue weighted by atomic mass is 9.96. The van der Waals surface area contributed by atoms with Gasteiger partial charge in [0.15, 0.2) is 0 Å². The van der Waals surface area contributed by atoms with Gasteiger partial charge in [-0.15, -0.1) is 0 Å². The Kier molecular flexibility index (Phi) is 6.49. The van der Waals surface area contributed by atoms with Gasteiger partial charge in [0, 0.05) is 30.9 Å². The zero-order valence-corrected chi connectivity index (χ0v) is 17.1. The number of nitrogens with zero attached hydrogens (tertiary/aromatic N) is 3. The van der Waals surface area contributed by atoms with Gasteiger partial charge in [-0.05, 0) is 45.2 Å². The van der Waals surface area contributed by atoms with Gasteiger partial charge in [0.1, 0.15) is 0 Å². The summed E-state index contributed by atoms with van der Waals surface area (Å²) in [6.45, 7) is 7.93. The van der Waals surface area contributed by atoms with E-state index in [1.54, 1.807) is 0 Å². The third kappa shape index (κ3) is 4.43. The number of amides is 2. The molecule has 1 saturated heterocycles. The first-order valence-corrected chi connectivity index (χ1v) is 10.2. The second-order valence-electron chi connectivity index (χ2n) is 7.54. The molecule has 1 aliphatic heterocycles. The van der Waals surface area contributed by atoms with Crippen molar-refractivity contribution in [1.29, 1.82) is 0 Å². The summed E-state index contributed by atoms with van der Waals surface area (Å²) in [7, 11) is 0. The number of hydrogen-bond acceptors (Lipinski definition) is 3. The quantitative estimate of drug-likeness (QED) is 0.835. The first-order chi connectivity index (χ1) is 13.5. The predicted molar refractivity (Wildman–Crippen MR) is 109 cm³/mol. The van der Waals surface area contributed by atoms with Crippen molar-refractivity contribution in [2.75, 3.05) is 19.6 Å². The number of hydrogen-bond donors (Lipinski definition) is 1. The molecule has 0 radical (unpaired) electrons. The van der Waals surface area contributed by atoms with E-state index in [0.717, 1.165) is 48.4 Å². The van der Waals surface area contributed by atoms with Crippen molar-refractivity contribution in [3.05, 3.63) is 47.3 Å². The first-order valence-electron chi connectivity index (χ1n) is 10.2. The lowest BCUT2D eigenvalue weighted by Gasteiger charge is -2.32. The van der Waals surface area contributed by atoms with Crippen LogP contribution in [0.25, 0.3) is 5.69 Å². The number of para-hydroxylation sites is 1. The van der Waals surface area contributed by atoms with E-state index in [1.807, 2.05) is 60.7 Å². The Morgan fingerprint density at radius 3 is 2.68 bits per heavy atom. The topological polar surface area (TPSA) is 67.2 Å². The van der Waals surface area contributed by atoms with Crippen molar-refractivity contribution in [3.63, 3.8) is 0 Å². The fraction of sp³-hybridized carbons (Fsp3) is 0.500. The van der Waals surface area contributed by atoms with Gasteiger partial charge < -0.3 is 10.2 Å². The maximum Gasteiger partial charge on any atom is 0.227 e. The average molecular weight is 383 g/mol. The standard InChI is InChI=1S/C22H30N4O2/c1-4-12-23-22(28)18-9-8-13-25(15-18)21(27)14-20-16(2)24-26(17(20)3)19-10-6-5-7-11-19/h5-7,10-11,18H,4,8-9,12-15H2,1-3H3,(H,23,28). The Hall–Kier alpha value is -2.63. The summed E-state index contributed by atoms with van der Waals surface area (Å²) < 4.78 is 1.90. The minimum absolute atomic E-state index is 0.0728. The summed E-state index contributed by atoms with van der Waals surface area (Å²) in [6, 6.07) is 9.95. The Morgan fingerprint density at radius 1 is 1.21 bits per heavy atom. The molecule has 2 heterocycles. The molecule has 0 aliphatic carbocycles.